The molecule has 0 bridgehead atoms. The van der Waals surface area contributed by atoms with E-state index in [1.807, 2.05) is 56.3 Å². The van der Waals surface area contributed by atoms with Crippen LogP contribution < -0.4 is 15.4 Å². The maximum absolute atomic E-state index is 13.2. The zero-order valence-corrected chi connectivity index (χ0v) is 21.1. The largest absolute Gasteiger partial charge is 0.497 e. The van der Waals surface area contributed by atoms with Crippen LogP contribution in [0.15, 0.2) is 94.4 Å². The molecule has 1 aliphatic rings. The van der Waals surface area contributed by atoms with E-state index in [1.54, 1.807) is 43.5 Å². The van der Waals surface area contributed by atoms with E-state index in [0.29, 0.717) is 28.5 Å². The third kappa shape index (κ3) is 5.78. The van der Waals surface area contributed by atoms with Crippen molar-refractivity contribution in [2.75, 3.05) is 24.3 Å². The third-order valence-corrected chi connectivity index (χ3v) is 6.49. The van der Waals surface area contributed by atoms with Crippen LogP contribution in [0.3, 0.4) is 0 Å². The highest BCUT2D eigenvalue weighted by atomic mass is 32.2. The highest BCUT2D eigenvalue weighted by Crippen LogP contribution is 2.36. The summed E-state index contributed by atoms with van der Waals surface area (Å²) in [5.41, 5.74) is 2.13. The molecule has 0 unspecified atom stereocenters. The Hall–Kier alpha value is -4.04. The number of imide groups is 1. The molecule has 0 aromatic heterocycles. The van der Waals surface area contributed by atoms with Crippen LogP contribution in [0.5, 0.6) is 5.75 Å². The molecule has 3 amide bonds. The Bertz CT molecular complexity index is 1290. The molecule has 3 aromatic rings. The Balaban J connectivity index is 1.52. The molecule has 0 radical (unpaired) electrons. The van der Waals surface area contributed by atoms with E-state index in [9.17, 15) is 14.4 Å². The first-order valence-electron chi connectivity index (χ1n) is 11.5. The molecule has 7 nitrogen and oxygen atoms in total. The lowest BCUT2D eigenvalue weighted by Crippen LogP contribution is -2.35. The fourth-order valence-electron chi connectivity index (χ4n) is 3.63. The summed E-state index contributed by atoms with van der Waals surface area (Å²) >= 11 is 1.23. The van der Waals surface area contributed by atoms with Gasteiger partial charge in [0.15, 0.2) is 0 Å². The van der Waals surface area contributed by atoms with Gasteiger partial charge in [0.05, 0.1) is 7.11 Å². The number of thioether (sulfide) groups is 1. The number of para-hydroxylation sites is 1. The van der Waals surface area contributed by atoms with Crippen molar-refractivity contribution in [3.8, 4) is 5.75 Å². The van der Waals surface area contributed by atoms with Crippen LogP contribution in [0.4, 0.5) is 11.4 Å². The van der Waals surface area contributed by atoms with Crippen molar-refractivity contribution in [1.82, 2.24) is 4.90 Å². The molecule has 2 N–H and O–H groups in total. The molecule has 184 valence electrons. The fourth-order valence-corrected chi connectivity index (χ4v) is 4.57. The van der Waals surface area contributed by atoms with Crippen LogP contribution in [0, 0.1) is 5.92 Å². The number of ether oxygens (including phenoxy) is 1. The zero-order chi connectivity index (χ0) is 25.7. The summed E-state index contributed by atoms with van der Waals surface area (Å²) in [5.74, 6) is -0.0578. The van der Waals surface area contributed by atoms with E-state index in [0.717, 1.165) is 10.6 Å². The number of nitrogens with zero attached hydrogens (tertiary/aromatic N) is 1. The van der Waals surface area contributed by atoms with Crippen LogP contribution >= 0.6 is 11.8 Å². The van der Waals surface area contributed by atoms with E-state index >= 15 is 0 Å². The first-order valence-corrected chi connectivity index (χ1v) is 12.3. The van der Waals surface area contributed by atoms with E-state index < -0.39 is 0 Å². The van der Waals surface area contributed by atoms with Gasteiger partial charge >= 0.3 is 0 Å². The predicted molar refractivity (Wildman–Crippen MR) is 142 cm³/mol. The maximum Gasteiger partial charge on any atom is 0.278 e. The highest BCUT2D eigenvalue weighted by Gasteiger charge is 2.39. The normalized spacial score (nSPS) is 13.4. The van der Waals surface area contributed by atoms with Crippen LogP contribution in [0.1, 0.15) is 24.2 Å². The van der Waals surface area contributed by atoms with Gasteiger partial charge in [0.25, 0.3) is 17.7 Å². The Kier molecular flexibility index (Phi) is 7.75. The number of carbonyl (C=O) groups is 3. The fraction of sp³-hybridized carbons (Fsp3) is 0.179. The average molecular weight is 502 g/mol. The standard InChI is InChI=1S/C28H27N3O4S/c1-18(2)17-31-27(33)24(29-20-7-5-4-6-8-20)25(28(31)34)36-23-15-11-21(12-16-23)30-26(32)19-9-13-22(35-3)14-10-19/h4-16,18,29H,17H2,1-3H3,(H,30,32). The van der Waals surface area contributed by atoms with Crippen molar-refractivity contribution in [2.24, 2.45) is 5.92 Å². The summed E-state index contributed by atoms with van der Waals surface area (Å²) in [7, 11) is 1.57. The Morgan fingerprint density at radius 2 is 1.56 bits per heavy atom. The average Bonchev–Trinajstić information content (AvgIpc) is 3.09. The molecular formula is C28H27N3O4S. The molecule has 1 aliphatic heterocycles. The summed E-state index contributed by atoms with van der Waals surface area (Å²) in [5, 5.41) is 6.00. The van der Waals surface area contributed by atoms with Gasteiger partial charge in [0, 0.05) is 28.4 Å². The summed E-state index contributed by atoms with van der Waals surface area (Å²) in [6, 6.07) is 23.3. The third-order valence-electron chi connectivity index (χ3n) is 5.40. The van der Waals surface area contributed by atoms with Gasteiger partial charge in [-0.15, -0.1) is 0 Å². The number of methoxy groups -OCH3 is 1. The number of rotatable bonds is 9. The zero-order valence-electron chi connectivity index (χ0n) is 20.3. The van der Waals surface area contributed by atoms with Crippen molar-refractivity contribution >= 4 is 40.9 Å². The molecule has 0 spiro atoms. The van der Waals surface area contributed by atoms with Crippen molar-refractivity contribution in [1.29, 1.82) is 0 Å². The van der Waals surface area contributed by atoms with Crippen LogP contribution in [-0.2, 0) is 9.59 Å². The van der Waals surface area contributed by atoms with E-state index in [1.165, 1.54) is 16.7 Å². The monoisotopic (exact) mass is 501 g/mol. The van der Waals surface area contributed by atoms with Gasteiger partial charge in [0.1, 0.15) is 16.4 Å². The Morgan fingerprint density at radius 1 is 0.889 bits per heavy atom. The number of amides is 3. The van der Waals surface area contributed by atoms with E-state index in [2.05, 4.69) is 10.6 Å². The molecule has 8 heteroatoms. The van der Waals surface area contributed by atoms with Crippen molar-refractivity contribution in [2.45, 2.75) is 18.7 Å². The molecule has 36 heavy (non-hydrogen) atoms. The summed E-state index contributed by atoms with van der Waals surface area (Å²) in [6.07, 6.45) is 0. The minimum Gasteiger partial charge on any atom is -0.497 e. The molecule has 0 saturated heterocycles. The van der Waals surface area contributed by atoms with Gasteiger partial charge in [-0.05, 0) is 66.6 Å². The van der Waals surface area contributed by atoms with Crippen molar-refractivity contribution in [3.63, 3.8) is 0 Å². The number of benzene rings is 3. The molecule has 0 aliphatic carbocycles. The topological polar surface area (TPSA) is 87.7 Å². The molecule has 4 rings (SSSR count). The van der Waals surface area contributed by atoms with Crippen LogP contribution in [0.25, 0.3) is 0 Å². The second-order valence-corrected chi connectivity index (χ2v) is 9.70. The smallest absolute Gasteiger partial charge is 0.278 e. The quantitative estimate of drug-likeness (QED) is 0.383. The molecule has 0 saturated carbocycles. The number of hydrogen-bond acceptors (Lipinski definition) is 6. The molecular weight excluding hydrogens is 474 g/mol. The first-order chi connectivity index (χ1) is 17.4. The SMILES string of the molecule is COc1ccc(C(=O)Nc2ccc(SC3=C(Nc4ccccc4)C(=O)N(CC(C)C)C3=O)cc2)cc1. The lowest BCUT2D eigenvalue weighted by atomic mass is 10.2. The van der Waals surface area contributed by atoms with E-state index in [4.69, 9.17) is 4.74 Å². The van der Waals surface area contributed by atoms with Gasteiger partial charge in [0.2, 0.25) is 0 Å². The maximum atomic E-state index is 13.2. The minimum absolute atomic E-state index is 0.147. The second kappa shape index (κ2) is 11.1. The molecule has 1 heterocycles. The molecule has 0 fully saturated rings. The van der Waals surface area contributed by atoms with Crippen LogP contribution in [0.2, 0.25) is 0 Å². The van der Waals surface area contributed by atoms with Gasteiger partial charge in [-0.2, -0.15) is 0 Å². The number of carbonyl (C=O) groups excluding carboxylic acids is 3. The number of hydrogen-bond donors (Lipinski definition) is 2. The number of nitrogens with one attached hydrogen (secondary N) is 2. The van der Waals surface area contributed by atoms with Gasteiger partial charge in [-0.3, -0.25) is 19.3 Å². The van der Waals surface area contributed by atoms with Gasteiger partial charge in [-0.25, -0.2) is 0 Å². The summed E-state index contributed by atoms with van der Waals surface area (Å²) in [4.78, 5) is 41.3. The molecule has 0 atom stereocenters. The van der Waals surface area contributed by atoms with Gasteiger partial charge < -0.3 is 15.4 Å². The lowest BCUT2D eigenvalue weighted by Gasteiger charge is -2.17. The van der Waals surface area contributed by atoms with Gasteiger partial charge in [-0.1, -0.05) is 43.8 Å². The van der Waals surface area contributed by atoms with Crippen LogP contribution in [-0.4, -0.2) is 36.3 Å². The number of anilines is 2. The minimum atomic E-state index is -0.330. The van der Waals surface area contributed by atoms with Crippen molar-refractivity contribution < 1.29 is 19.1 Å². The van der Waals surface area contributed by atoms with Crippen molar-refractivity contribution in [3.05, 3.63) is 95.0 Å². The second-order valence-electron chi connectivity index (χ2n) is 8.62. The summed E-state index contributed by atoms with van der Waals surface area (Å²) < 4.78 is 5.12. The molecule has 3 aromatic carbocycles. The van der Waals surface area contributed by atoms with E-state index in [-0.39, 0.29) is 29.3 Å². The predicted octanol–water partition coefficient (Wildman–Crippen LogP) is 5.39. The Morgan fingerprint density at radius 3 is 2.17 bits per heavy atom. The highest BCUT2D eigenvalue weighted by molar-refractivity contribution is 8.04. The Labute approximate surface area is 214 Å². The first kappa shape index (κ1) is 25.1. The summed E-state index contributed by atoms with van der Waals surface area (Å²) in [6.45, 7) is 4.28. The lowest BCUT2D eigenvalue weighted by molar-refractivity contribution is -0.137.